The van der Waals surface area contributed by atoms with Crippen LogP contribution < -0.4 is 11.0 Å². The zero-order valence-corrected chi connectivity index (χ0v) is 13.6. The number of aromatic nitrogens is 2. The van der Waals surface area contributed by atoms with Crippen molar-refractivity contribution >= 4 is 11.6 Å². The number of anilines is 1. The first kappa shape index (κ1) is 16.1. The van der Waals surface area contributed by atoms with E-state index in [2.05, 4.69) is 17.2 Å². The highest BCUT2D eigenvalue weighted by molar-refractivity contribution is 5.92. The van der Waals surface area contributed by atoms with E-state index in [0.29, 0.717) is 6.54 Å². The molecule has 0 fully saturated rings. The molecule has 5 nitrogen and oxygen atoms in total. The summed E-state index contributed by atoms with van der Waals surface area (Å²) in [5, 5.41) is 2.98. The van der Waals surface area contributed by atoms with Crippen molar-refractivity contribution in [2.24, 2.45) is 0 Å². The number of carbonyl (C=O) groups is 1. The van der Waals surface area contributed by atoms with Crippen molar-refractivity contribution < 1.29 is 4.79 Å². The predicted octanol–water partition coefficient (Wildman–Crippen LogP) is 2.69. The van der Waals surface area contributed by atoms with E-state index in [1.807, 2.05) is 39.0 Å². The summed E-state index contributed by atoms with van der Waals surface area (Å²) in [7, 11) is 0. The second-order valence-electron chi connectivity index (χ2n) is 5.55. The predicted molar refractivity (Wildman–Crippen MR) is 88.3 cm³/mol. The lowest BCUT2D eigenvalue weighted by Crippen LogP contribution is -2.22. The number of amides is 1. The molecule has 1 aromatic carbocycles. The zero-order chi connectivity index (χ0) is 16.3. The number of nitrogens with zero attached hydrogens (tertiary/aromatic N) is 1. The van der Waals surface area contributed by atoms with Crippen molar-refractivity contribution in [1.29, 1.82) is 0 Å². The summed E-state index contributed by atoms with van der Waals surface area (Å²) in [6, 6.07) is 6.00. The summed E-state index contributed by atoms with van der Waals surface area (Å²) in [6.45, 7) is 8.17. The molecule has 1 amide bonds. The van der Waals surface area contributed by atoms with E-state index in [4.69, 9.17) is 0 Å². The Kier molecular flexibility index (Phi) is 4.85. The third kappa shape index (κ3) is 3.30. The van der Waals surface area contributed by atoms with Crippen molar-refractivity contribution in [2.45, 2.75) is 47.1 Å². The van der Waals surface area contributed by atoms with Gasteiger partial charge < -0.3 is 10.3 Å². The molecule has 0 bridgehead atoms. The molecule has 0 aliphatic heterocycles. The molecular weight excluding hydrogens is 278 g/mol. The first-order valence-electron chi connectivity index (χ1n) is 7.58. The molecule has 0 spiro atoms. The molecular formula is C17H23N3O2. The Morgan fingerprint density at radius 3 is 2.59 bits per heavy atom. The van der Waals surface area contributed by atoms with Gasteiger partial charge in [0.1, 0.15) is 0 Å². The van der Waals surface area contributed by atoms with E-state index in [1.54, 1.807) is 4.57 Å². The third-order valence-electron chi connectivity index (χ3n) is 4.05. The van der Waals surface area contributed by atoms with Crippen LogP contribution >= 0.6 is 0 Å². The third-order valence-corrected chi connectivity index (χ3v) is 4.05. The lowest BCUT2D eigenvalue weighted by molar-refractivity contribution is -0.116. The Bertz CT molecular complexity index is 741. The fraction of sp³-hybridized carbons (Fsp3) is 0.412. The average molecular weight is 301 g/mol. The highest BCUT2D eigenvalue weighted by atomic mass is 16.2. The van der Waals surface area contributed by atoms with Gasteiger partial charge in [-0.2, -0.15) is 0 Å². The van der Waals surface area contributed by atoms with Crippen LogP contribution in [0.15, 0.2) is 23.0 Å². The molecule has 0 atom stereocenters. The number of benzene rings is 1. The Morgan fingerprint density at radius 2 is 2.00 bits per heavy atom. The molecule has 0 aliphatic carbocycles. The molecule has 2 rings (SSSR count). The van der Waals surface area contributed by atoms with Gasteiger partial charge in [0.25, 0.3) is 0 Å². The van der Waals surface area contributed by atoms with Crippen molar-refractivity contribution in [2.75, 3.05) is 5.32 Å². The Hall–Kier alpha value is -2.30. The summed E-state index contributed by atoms with van der Waals surface area (Å²) in [6.07, 6.45) is 1.14. The lowest BCUT2D eigenvalue weighted by atomic mass is 10.1. The summed E-state index contributed by atoms with van der Waals surface area (Å²) in [5.41, 5.74) is 4.63. The molecule has 22 heavy (non-hydrogen) atoms. The van der Waals surface area contributed by atoms with Crippen LogP contribution in [0.4, 0.5) is 5.69 Å². The Labute approximate surface area is 130 Å². The molecule has 2 aromatic rings. The van der Waals surface area contributed by atoms with Crippen LogP contribution in [0.3, 0.4) is 0 Å². The normalized spacial score (nSPS) is 10.7. The van der Waals surface area contributed by atoms with Crippen LogP contribution in [-0.4, -0.2) is 15.5 Å². The standard InChI is InChI=1S/C17H23N3O2/c1-5-14-8-6-7-11(2)16(14)19-15(21)9-10-20-13(4)12(3)18-17(20)22/h6-8H,5,9-10H2,1-4H3,(H,18,22)(H,19,21). The van der Waals surface area contributed by atoms with Gasteiger partial charge in [-0.15, -0.1) is 0 Å². The fourth-order valence-corrected chi connectivity index (χ4v) is 2.56. The first-order chi connectivity index (χ1) is 10.4. The van der Waals surface area contributed by atoms with E-state index in [-0.39, 0.29) is 18.0 Å². The quantitative estimate of drug-likeness (QED) is 0.891. The van der Waals surface area contributed by atoms with E-state index in [0.717, 1.165) is 34.6 Å². The first-order valence-corrected chi connectivity index (χ1v) is 7.58. The van der Waals surface area contributed by atoms with Gasteiger partial charge in [0.2, 0.25) is 5.91 Å². The minimum absolute atomic E-state index is 0.0749. The topological polar surface area (TPSA) is 66.9 Å². The smallest absolute Gasteiger partial charge is 0.325 e. The van der Waals surface area contributed by atoms with Gasteiger partial charge >= 0.3 is 5.69 Å². The summed E-state index contributed by atoms with van der Waals surface area (Å²) in [5.74, 6) is -0.0749. The molecule has 0 radical (unpaired) electrons. The molecule has 2 N–H and O–H groups in total. The summed E-state index contributed by atoms with van der Waals surface area (Å²) < 4.78 is 1.60. The van der Waals surface area contributed by atoms with Crippen LogP contribution in [0.1, 0.15) is 35.9 Å². The van der Waals surface area contributed by atoms with Crippen LogP contribution in [0.2, 0.25) is 0 Å². The number of aromatic amines is 1. The lowest BCUT2D eigenvalue weighted by Gasteiger charge is -2.13. The molecule has 0 aliphatic rings. The Balaban J connectivity index is 2.07. The number of hydrogen-bond donors (Lipinski definition) is 2. The molecule has 0 saturated heterocycles. The van der Waals surface area contributed by atoms with E-state index < -0.39 is 0 Å². The summed E-state index contributed by atoms with van der Waals surface area (Å²) >= 11 is 0. The maximum absolute atomic E-state index is 12.2. The maximum Gasteiger partial charge on any atom is 0.325 e. The molecule has 5 heteroatoms. The van der Waals surface area contributed by atoms with Gasteiger partial charge in [-0.05, 0) is 38.3 Å². The van der Waals surface area contributed by atoms with Crippen LogP contribution in [-0.2, 0) is 17.8 Å². The van der Waals surface area contributed by atoms with Crippen molar-refractivity contribution in [3.8, 4) is 0 Å². The van der Waals surface area contributed by atoms with Gasteiger partial charge in [-0.3, -0.25) is 9.36 Å². The molecule has 0 saturated carbocycles. The molecule has 1 heterocycles. The number of rotatable bonds is 5. The zero-order valence-electron chi connectivity index (χ0n) is 13.6. The van der Waals surface area contributed by atoms with Gasteiger partial charge in [-0.25, -0.2) is 4.79 Å². The van der Waals surface area contributed by atoms with E-state index >= 15 is 0 Å². The second-order valence-corrected chi connectivity index (χ2v) is 5.55. The number of para-hydroxylation sites is 1. The van der Waals surface area contributed by atoms with Gasteiger partial charge in [0, 0.05) is 30.0 Å². The van der Waals surface area contributed by atoms with Gasteiger partial charge in [0.15, 0.2) is 0 Å². The largest absolute Gasteiger partial charge is 0.326 e. The Morgan fingerprint density at radius 1 is 1.27 bits per heavy atom. The summed E-state index contributed by atoms with van der Waals surface area (Å²) in [4.78, 5) is 26.7. The number of imidazole rings is 1. The van der Waals surface area contributed by atoms with Gasteiger partial charge in [0.05, 0.1) is 0 Å². The highest BCUT2D eigenvalue weighted by Crippen LogP contribution is 2.21. The number of H-pyrrole nitrogens is 1. The number of hydrogen-bond acceptors (Lipinski definition) is 2. The number of aryl methyl sites for hydroxylation is 3. The number of carbonyl (C=O) groups excluding carboxylic acids is 1. The van der Waals surface area contributed by atoms with Crippen molar-refractivity contribution in [3.05, 3.63) is 51.2 Å². The highest BCUT2D eigenvalue weighted by Gasteiger charge is 2.11. The van der Waals surface area contributed by atoms with E-state index in [1.165, 1.54) is 0 Å². The van der Waals surface area contributed by atoms with E-state index in [9.17, 15) is 9.59 Å². The molecule has 118 valence electrons. The SMILES string of the molecule is CCc1cccc(C)c1NC(=O)CCn1c(C)c(C)[nH]c1=O. The van der Waals surface area contributed by atoms with Crippen LogP contribution in [0.25, 0.3) is 0 Å². The van der Waals surface area contributed by atoms with Crippen LogP contribution in [0, 0.1) is 20.8 Å². The van der Waals surface area contributed by atoms with Crippen LogP contribution in [0.5, 0.6) is 0 Å². The van der Waals surface area contributed by atoms with Gasteiger partial charge in [-0.1, -0.05) is 25.1 Å². The molecule has 1 aromatic heterocycles. The number of nitrogens with one attached hydrogen (secondary N) is 2. The average Bonchev–Trinajstić information content (AvgIpc) is 2.72. The second kappa shape index (κ2) is 6.64. The minimum Gasteiger partial charge on any atom is -0.326 e. The van der Waals surface area contributed by atoms with Crippen molar-refractivity contribution in [3.63, 3.8) is 0 Å². The maximum atomic E-state index is 12.2. The minimum atomic E-state index is -0.159. The fourth-order valence-electron chi connectivity index (χ4n) is 2.56. The monoisotopic (exact) mass is 301 g/mol. The van der Waals surface area contributed by atoms with Crippen molar-refractivity contribution in [1.82, 2.24) is 9.55 Å². The molecule has 0 unspecified atom stereocenters.